The minimum absolute atomic E-state index is 0.0294. The van der Waals surface area contributed by atoms with Crippen LogP contribution in [0.1, 0.15) is 18.1 Å². The molecule has 0 spiro atoms. The lowest BCUT2D eigenvalue weighted by molar-refractivity contribution is -0.165. The molecule has 5 nitrogen and oxygen atoms in total. The van der Waals surface area contributed by atoms with Crippen molar-refractivity contribution >= 4 is 17.5 Å². The van der Waals surface area contributed by atoms with Crippen molar-refractivity contribution in [3.8, 4) is 0 Å². The first-order valence-corrected chi connectivity index (χ1v) is 7.00. The number of anilines is 1. The average Bonchev–Trinajstić information content (AvgIpc) is 2.51. The minimum Gasteiger partial charge on any atom is -0.442 e. The zero-order chi connectivity index (χ0) is 18.8. The fraction of sp³-hybridized carbons (Fsp3) is 0.429. The molecule has 0 aliphatic carbocycles. The van der Waals surface area contributed by atoms with Crippen molar-refractivity contribution in [2.24, 2.45) is 11.0 Å². The first kappa shape index (κ1) is 18.9. The number of ether oxygens (including phenoxy) is 1. The number of hydrogen-bond donors (Lipinski definition) is 2. The number of halogens is 6. The van der Waals surface area contributed by atoms with Gasteiger partial charge in [-0.15, -0.1) is 0 Å². The maximum absolute atomic E-state index is 13.2. The molecule has 2 N–H and O–H groups in total. The molecule has 0 fully saturated rings. The second-order valence-corrected chi connectivity index (χ2v) is 5.33. The molecule has 1 aromatic carbocycles. The number of hydrogen-bond acceptors (Lipinski definition) is 4. The summed E-state index contributed by atoms with van der Waals surface area (Å²) >= 11 is 0. The summed E-state index contributed by atoms with van der Waals surface area (Å²) in [6, 6.07) is 3.00. The van der Waals surface area contributed by atoms with Gasteiger partial charge in [0.1, 0.15) is 12.3 Å². The maximum atomic E-state index is 13.2. The van der Waals surface area contributed by atoms with Gasteiger partial charge in [0.25, 0.3) is 0 Å². The minimum atomic E-state index is -4.79. The van der Waals surface area contributed by atoms with Gasteiger partial charge in [-0.2, -0.15) is 31.4 Å². The molecule has 25 heavy (non-hydrogen) atoms. The smallest absolute Gasteiger partial charge is 0.428 e. The first-order chi connectivity index (χ1) is 11.5. The predicted molar refractivity (Wildman–Crippen MR) is 76.2 cm³/mol. The molecular weight excluding hydrogens is 356 g/mol. The van der Waals surface area contributed by atoms with Crippen molar-refractivity contribution in [1.29, 1.82) is 0 Å². The summed E-state index contributed by atoms with van der Waals surface area (Å²) in [4.78, 5) is 10.8. The van der Waals surface area contributed by atoms with Crippen molar-refractivity contribution in [2.75, 3.05) is 18.5 Å². The van der Waals surface area contributed by atoms with Crippen LogP contribution in [0.5, 0.6) is 0 Å². The van der Waals surface area contributed by atoms with Crippen LogP contribution in [0.2, 0.25) is 0 Å². The lowest BCUT2D eigenvalue weighted by Crippen LogP contribution is -2.31. The van der Waals surface area contributed by atoms with E-state index in [-0.39, 0.29) is 17.9 Å². The number of amides is 1. The number of nitrogens with zero attached hydrogens (tertiary/aromatic N) is 1. The van der Waals surface area contributed by atoms with Gasteiger partial charge in [-0.1, -0.05) is 13.0 Å². The normalized spacial score (nSPS) is 16.6. The number of benzene rings is 1. The Balaban J connectivity index is 2.27. The molecular formula is C14H13F6N3O2. The number of alkyl halides is 6. The third-order valence-corrected chi connectivity index (χ3v) is 3.44. The fourth-order valence-corrected chi connectivity index (χ4v) is 1.95. The van der Waals surface area contributed by atoms with Gasteiger partial charge in [0, 0.05) is 17.8 Å². The molecule has 1 aliphatic rings. The van der Waals surface area contributed by atoms with Gasteiger partial charge in [-0.3, -0.25) is 0 Å². The molecule has 138 valence electrons. The summed E-state index contributed by atoms with van der Waals surface area (Å²) in [5.74, 6) is -1.82. The van der Waals surface area contributed by atoms with Crippen molar-refractivity contribution in [2.45, 2.75) is 19.3 Å². The molecule has 1 atom stereocenters. The van der Waals surface area contributed by atoms with Crippen molar-refractivity contribution in [3.63, 3.8) is 0 Å². The SMILES string of the molecule is CC(CNc1ccc(C2=NNC(=O)OC2)cc1C(F)(F)F)C(F)(F)F. The van der Waals surface area contributed by atoms with Gasteiger partial charge in [0.05, 0.1) is 11.5 Å². The molecule has 0 radical (unpaired) electrons. The van der Waals surface area contributed by atoms with E-state index in [0.29, 0.717) is 0 Å². The van der Waals surface area contributed by atoms with Gasteiger partial charge >= 0.3 is 18.4 Å². The molecule has 0 bridgehead atoms. The first-order valence-electron chi connectivity index (χ1n) is 7.00. The van der Waals surface area contributed by atoms with Gasteiger partial charge in [0.2, 0.25) is 0 Å². The quantitative estimate of drug-likeness (QED) is 0.795. The van der Waals surface area contributed by atoms with E-state index in [0.717, 1.165) is 19.1 Å². The maximum Gasteiger partial charge on any atom is 0.428 e. The monoisotopic (exact) mass is 369 g/mol. The van der Waals surface area contributed by atoms with Gasteiger partial charge in [-0.25, -0.2) is 10.2 Å². The zero-order valence-electron chi connectivity index (χ0n) is 12.8. The van der Waals surface area contributed by atoms with Crippen LogP contribution in [-0.4, -0.2) is 31.1 Å². The van der Waals surface area contributed by atoms with E-state index in [2.05, 4.69) is 15.2 Å². The lowest BCUT2D eigenvalue weighted by Gasteiger charge is -2.20. The van der Waals surface area contributed by atoms with E-state index >= 15 is 0 Å². The zero-order valence-corrected chi connectivity index (χ0v) is 12.8. The van der Waals surface area contributed by atoms with Crippen molar-refractivity contribution in [3.05, 3.63) is 29.3 Å². The van der Waals surface area contributed by atoms with Crippen molar-refractivity contribution < 1.29 is 35.9 Å². The molecule has 1 aromatic rings. The van der Waals surface area contributed by atoms with Crippen LogP contribution in [0.15, 0.2) is 23.3 Å². The third-order valence-electron chi connectivity index (χ3n) is 3.44. The van der Waals surface area contributed by atoms with Crippen LogP contribution in [0, 0.1) is 5.92 Å². The molecule has 1 unspecified atom stereocenters. The highest BCUT2D eigenvalue weighted by Gasteiger charge is 2.37. The Morgan fingerprint density at radius 2 is 1.96 bits per heavy atom. The van der Waals surface area contributed by atoms with Crippen LogP contribution in [0.4, 0.5) is 36.8 Å². The Hall–Kier alpha value is -2.46. The number of rotatable bonds is 4. The molecule has 1 heterocycles. The number of nitrogens with one attached hydrogen (secondary N) is 2. The Bertz CT molecular complexity index is 684. The highest BCUT2D eigenvalue weighted by atomic mass is 19.4. The predicted octanol–water partition coefficient (Wildman–Crippen LogP) is 3.76. The second-order valence-electron chi connectivity index (χ2n) is 5.33. The molecule has 1 aliphatic heterocycles. The van der Waals surface area contributed by atoms with Crippen molar-refractivity contribution in [1.82, 2.24) is 5.43 Å². The van der Waals surface area contributed by atoms with E-state index in [1.54, 1.807) is 0 Å². The van der Waals surface area contributed by atoms with Gasteiger partial charge < -0.3 is 10.1 Å². The molecule has 11 heteroatoms. The molecule has 2 rings (SSSR count). The van der Waals surface area contributed by atoms with E-state index in [9.17, 15) is 31.1 Å². The number of hydrazone groups is 1. The van der Waals surface area contributed by atoms with Gasteiger partial charge in [0.15, 0.2) is 0 Å². The summed E-state index contributed by atoms with van der Waals surface area (Å²) in [6.45, 7) is -0.154. The van der Waals surface area contributed by atoms with Crippen LogP contribution in [-0.2, 0) is 10.9 Å². The summed E-state index contributed by atoms with van der Waals surface area (Å²) < 4.78 is 81.7. The molecule has 0 saturated carbocycles. The van der Waals surface area contributed by atoms with Crippen LogP contribution < -0.4 is 10.7 Å². The van der Waals surface area contributed by atoms with Crippen LogP contribution in [0.25, 0.3) is 0 Å². The second kappa shape index (κ2) is 6.81. The largest absolute Gasteiger partial charge is 0.442 e. The van der Waals surface area contributed by atoms with Crippen LogP contribution in [0.3, 0.4) is 0 Å². The highest BCUT2D eigenvalue weighted by molar-refractivity contribution is 6.04. The van der Waals surface area contributed by atoms with Gasteiger partial charge in [-0.05, 0) is 12.1 Å². The Morgan fingerprint density at radius 1 is 1.28 bits per heavy atom. The van der Waals surface area contributed by atoms with E-state index in [1.807, 2.05) is 5.43 Å². The molecule has 1 amide bonds. The Morgan fingerprint density at radius 3 is 2.48 bits per heavy atom. The summed E-state index contributed by atoms with van der Waals surface area (Å²) in [7, 11) is 0. The van der Waals surface area contributed by atoms with E-state index in [4.69, 9.17) is 0 Å². The topological polar surface area (TPSA) is 62.7 Å². The standard InChI is InChI=1S/C14H13F6N3O2/c1-7(13(15,16)17)5-21-10-3-2-8(4-9(10)14(18,19)20)11-6-25-12(24)23-22-11/h2-4,7,21H,5-6H2,1H3,(H,23,24). The molecule has 0 aromatic heterocycles. The number of cyclic esters (lactones) is 1. The van der Waals surface area contributed by atoms with E-state index in [1.165, 1.54) is 6.07 Å². The number of carbonyl (C=O) groups excluding carboxylic acids is 1. The summed E-state index contributed by atoms with van der Waals surface area (Å²) in [6.07, 6.45) is -10.1. The number of carbonyl (C=O) groups is 1. The lowest BCUT2D eigenvalue weighted by atomic mass is 10.0. The van der Waals surface area contributed by atoms with E-state index < -0.39 is 42.2 Å². The fourth-order valence-electron chi connectivity index (χ4n) is 1.95. The summed E-state index contributed by atoms with van der Waals surface area (Å²) in [5.41, 5.74) is 0.432. The molecule has 0 saturated heterocycles. The Labute approximate surface area is 138 Å². The third kappa shape index (κ3) is 4.77. The van der Waals surface area contributed by atoms with Crippen LogP contribution >= 0.6 is 0 Å². The summed E-state index contributed by atoms with van der Waals surface area (Å²) in [5, 5.41) is 5.78. The Kier molecular flexibility index (Phi) is 5.14. The average molecular weight is 369 g/mol. The highest BCUT2D eigenvalue weighted by Crippen LogP contribution is 2.36.